The Labute approximate surface area is 109 Å². The van der Waals surface area contributed by atoms with Gasteiger partial charge in [0.25, 0.3) is 0 Å². The van der Waals surface area contributed by atoms with E-state index in [1.807, 2.05) is 6.07 Å². The van der Waals surface area contributed by atoms with Crippen LogP contribution in [0.2, 0.25) is 0 Å². The number of ether oxygens (including phenoxy) is 2. The summed E-state index contributed by atoms with van der Waals surface area (Å²) in [7, 11) is 1.43. The molecule has 0 aliphatic carbocycles. The van der Waals surface area contributed by atoms with Gasteiger partial charge in [0.15, 0.2) is 11.5 Å². The van der Waals surface area contributed by atoms with Crippen molar-refractivity contribution in [3.63, 3.8) is 0 Å². The summed E-state index contributed by atoms with van der Waals surface area (Å²) in [5.74, 6) is 0.391. The Morgan fingerprint density at radius 3 is 2.72 bits per heavy atom. The second-order valence-corrected chi connectivity index (χ2v) is 5.57. The molecule has 1 aromatic carbocycles. The first-order chi connectivity index (χ1) is 8.60. The summed E-state index contributed by atoms with van der Waals surface area (Å²) in [6.07, 6.45) is 0. The molecular formula is C12H15F2NO2S. The molecule has 18 heavy (non-hydrogen) atoms. The molecule has 3 nitrogen and oxygen atoms in total. The third-order valence-electron chi connectivity index (χ3n) is 2.67. The van der Waals surface area contributed by atoms with E-state index >= 15 is 0 Å². The second kappa shape index (κ2) is 5.75. The maximum Gasteiger partial charge on any atom is 0.387 e. The molecule has 0 amide bonds. The van der Waals surface area contributed by atoms with Gasteiger partial charge in [0.1, 0.15) is 0 Å². The maximum absolute atomic E-state index is 12.3. The van der Waals surface area contributed by atoms with Crippen LogP contribution in [-0.4, -0.2) is 25.5 Å². The lowest BCUT2D eigenvalue weighted by Gasteiger charge is -2.15. The third-order valence-corrected chi connectivity index (χ3v) is 4.01. The van der Waals surface area contributed by atoms with Gasteiger partial charge in [-0.3, -0.25) is 0 Å². The molecule has 2 rings (SSSR count). The molecular weight excluding hydrogens is 260 g/mol. The average Bonchev–Trinajstić information content (AvgIpc) is 2.75. The summed E-state index contributed by atoms with van der Waals surface area (Å²) in [4.78, 5) is 0. The fraction of sp³-hybridized carbons (Fsp3) is 0.500. The van der Waals surface area contributed by atoms with Crippen LogP contribution < -0.4 is 14.8 Å². The fourth-order valence-corrected chi connectivity index (χ4v) is 3.00. The van der Waals surface area contributed by atoms with Gasteiger partial charge < -0.3 is 14.8 Å². The first kappa shape index (κ1) is 13.4. The lowest BCUT2D eigenvalue weighted by molar-refractivity contribution is -0.0512. The number of benzene rings is 1. The Bertz CT molecular complexity index is 417. The highest BCUT2D eigenvalue weighted by atomic mass is 32.2. The molecule has 1 heterocycles. The van der Waals surface area contributed by atoms with Gasteiger partial charge in [0, 0.05) is 11.8 Å². The minimum absolute atomic E-state index is 0.0759. The van der Waals surface area contributed by atoms with Gasteiger partial charge in [0.05, 0.1) is 12.5 Å². The van der Waals surface area contributed by atoms with Crippen LogP contribution in [0.25, 0.3) is 0 Å². The zero-order valence-electron chi connectivity index (χ0n) is 10.2. The molecule has 1 aromatic rings. The molecule has 1 N–H and O–H groups in total. The van der Waals surface area contributed by atoms with E-state index in [0.717, 1.165) is 12.1 Å². The smallest absolute Gasteiger partial charge is 0.387 e. The standard InChI is InChI=1S/C12H15F2NO2S/c1-7-6-15-11(18-7)8-3-4-9(16-2)10(5-8)17-12(13)14/h3-5,7,11-12,15H,6H2,1-2H3. The van der Waals surface area contributed by atoms with Gasteiger partial charge in [-0.15, -0.1) is 11.8 Å². The van der Waals surface area contributed by atoms with E-state index in [0.29, 0.717) is 11.0 Å². The van der Waals surface area contributed by atoms with Gasteiger partial charge >= 0.3 is 6.61 Å². The number of thioether (sulfide) groups is 1. The molecule has 0 saturated carbocycles. The summed E-state index contributed by atoms with van der Waals surface area (Å²) in [6.45, 7) is 0.182. The summed E-state index contributed by atoms with van der Waals surface area (Å²) < 4.78 is 34.1. The predicted octanol–water partition coefficient (Wildman–Crippen LogP) is 3.02. The maximum atomic E-state index is 12.3. The zero-order valence-corrected chi connectivity index (χ0v) is 11.0. The van der Waals surface area contributed by atoms with E-state index in [-0.39, 0.29) is 11.1 Å². The highest BCUT2D eigenvalue weighted by Crippen LogP contribution is 2.38. The number of halogens is 2. The van der Waals surface area contributed by atoms with Gasteiger partial charge in [-0.2, -0.15) is 8.78 Å². The van der Waals surface area contributed by atoms with Crippen molar-refractivity contribution in [2.75, 3.05) is 13.7 Å². The summed E-state index contributed by atoms with van der Waals surface area (Å²) in [5.41, 5.74) is 0.917. The van der Waals surface area contributed by atoms with Crippen LogP contribution >= 0.6 is 11.8 Å². The van der Waals surface area contributed by atoms with Crippen LogP contribution in [0.3, 0.4) is 0 Å². The number of hydrogen-bond donors (Lipinski definition) is 1. The number of methoxy groups -OCH3 is 1. The molecule has 2 atom stereocenters. The first-order valence-corrected chi connectivity index (χ1v) is 6.56. The van der Waals surface area contributed by atoms with Crippen LogP contribution in [0, 0.1) is 0 Å². The lowest BCUT2D eigenvalue weighted by Crippen LogP contribution is -2.14. The fourth-order valence-electron chi connectivity index (χ4n) is 1.84. The van der Waals surface area contributed by atoms with Crippen LogP contribution in [-0.2, 0) is 0 Å². The zero-order chi connectivity index (χ0) is 13.1. The molecule has 1 fully saturated rings. The third kappa shape index (κ3) is 3.05. The topological polar surface area (TPSA) is 30.5 Å². The molecule has 0 spiro atoms. The number of alkyl halides is 2. The average molecular weight is 275 g/mol. The van der Waals surface area contributed by atoms with E-state index in [9.17, 15) is 8.78 Å². The van der Waals surface area contributed by atoms with E-state index in [1.54, 1.807) is 23.9 Å². The van der Waals surface area contributed by atoms with E-state index < -0.39 is 6.61 Å². The molecule has 1 saturated heterocycles. The Morgan fingerprint density at radius 2 is 2.17 bits per heavy atom. The molecule has 100 valence electrons. The summed E-state index contributed by atoms with van der Waals surface area (Å²) in [6, 6.07) is 5.12. The van der Waals surface area contributed by atoms with Gasteiger partial charge in [-0.1, -0.05) is 13.0 Å². The van der Waals surface area contributed by atoms with Crippen molar-refractivity contribution in [3.05, 3.63) is 23.8 Å². The van der Waals surface area contributed by atoms with Crippen LogP contribution in [0.4, 0.5) is 8.78 Å². The SMILES string of the molecule is COc1ccc(C2NCC(C)S2)cc1OC(F)F. The Kier molecular flexibility index (Phi) is 4.29. The Hall–Kier alpha value is -1.01. The summed E-state index contributed by atoms with van der Waals surface area (Å²) in [5, 5.41) is 3.95. The van der Waals surface area contributed by atoms with Gasteiger partial charge in [-0.05, 0) is 17.7 Å². The molecule has 1 aliphatic heterocycles. The van der Waals surface area contributed by atoms with E-state index in [1.165, 1.54) is 7.11 Å². The van der Waals surface area contributed by atoms with Gasteiger partial charge in [0.2, 0.25) is 0 Å². The van der Waals surface area contributed by atoms with Crippen molar-refractivity contribution in [2.24, 2.45) is 0 Å². The minimum atomic E-state index is -2.85. The predicted molar refractivity (Wildman–Crippen MR) is 67.4 cm³/mol. The van der Waals surface area contributed by atoms with E-state index in [4.69, 9.17) is 4.74 Å². The highest BCUT2D eigenvalue weighted by Gasteiger charge is 2.24. The Balaban J connectivity index is 2.22. The number of rotatable bonds is 4. The molecule has 0 bridgehead atoms. The van der Waals surface area contributed by atoms with Crippen molar-refractivity contribution in [3.8, 4) is 11.5 Å². The van der Waals surface area contributed by atoms with Crippen molar-refractivity contribution in [1.82, 2.24) is 5.32 Å². The Morgan fingerprint density at radius 1 is 1.39 bits per heavy atom. The molecule has 2 unspecified atom stereocenters. The van der Waals surface area contributed by atoms with E-state index in [2.05, 4.69) is 17.0 Å². The summed E-state index contributed by atoms with van der Waals surface area (Å²) >= 11 is 1.76. The molecule has 0 aromatic heterocycles. The van der Waals surface area contributed by atoms with Crippen molar-refractivity contribution in [1.29, 1.82) is 0 Å². The molecule has 1 aliphatic rings. The lowest BCUT2D eigenvalue weighted by atomic mass is 10.2. The quantitative estimate of drug-likeness (QED) is 0.915. The second-order valence-electron chi connectivity index (χ2n) is 4.02. The van der Waals surface area contributed by atoms with Crippen LogP contribution in [0.15, 0.2) is 18.2 Å². The van der Waals surface area contributed by atoms with Crippen LogP contribution in [0.5, 0.6) is 11.5 Å². The number of nitrogens with one attached hydrogen (secondary N) is 1. The molecule has 0 radical (unpaired) electrons. The van der Waals surface area contributed by atoms with Crippen LogP contribution in [0.1, 0.15) is 17.9 Å². The monoisotopic (exact) mass is 275 g/mol. The largest absolute Gasteiger partial charge is 0.493 e. The van der Waals surface area contributed by atoms with Crippen molar-refractivity contribution >= 4 is 11.8 Å². The molecule has 6 heteroatoms. The van der Waals surface area contributed by atoms with Crippen molar-refractivity contribution in [2.45, 2.75) is 24.2 Å². The first-order valence-electron chi connectivity index (χ1n) is 5.61. The van der Waals surface area contributed by atoms with Crippen molar-refractivity contribution < 1.29 is 18.3 Å². The highest BCUT2D eigenvalue weighted by molar-refractivity contribution is 8.00. The normalized spacial score (nSPS) is 23.4. The minimum Gasteiger partial charge on any atom is -0.493 e. The number of hydrogen-bond acceptors (Lipinski definition) is 4. The van der Waals surface area contributed by atoms with Gasteiger partial charge in [-0.25, -0.2) is 0 Å².